The topological polar surface area (TPSA) is 52.6 Å². The Balaban J connectivity index is 1.78. The molecule has 0 bridgehead atoms. The zero-order valence-corrected chi connectivity index (χ0v) is 20.0. The number of fused-ring (bicyclic) bond motifs is 1. The van der Waals surface area contributed by atoms with Crippen LogP contribution >= 0.6 is 0 Å². The summed E-state index contributed by atoms with van der Waals surface area (Å²) in [5.41, 5.74) is 1.08. The van der Waals surface area contributed by atoms with Gasteiger partial charge in [-0.25, -0.2) is 4.39 Å². The fourth-order valence-electron chi connectivity index (χ4n) is 4.31. The number of hydrogen-bond donors (Lipinski definition) is 1. The van der Waals surface area contributed by atoms with Gasteiger partial charge in [0.05, 0.1) is 24.2 Å². The summed E-state index contributed by atoms with van der Waals surface area (Å²) >= 11 is 0. The lowest BCUT2D eigenvalue weighted by molar-refractivity contribution is -0.140. The molecule has 0 unspecified atom stereocenters. The van der Waals surface area contributed by atoms with Crippen LogP contribution < -0.4 is 5.32 Å². The van der Waals surface area contributed by atoms with E-state index in [1.165, 1.54) is 0 Å². The monoisotopic (exact) mass is 491 g/mol. The molecule has 0 fully saturated rings. The lowest BCUT2D eigenvalue weighted by Crippen LogP contribution is -2.44. The van der Waals surface area contributed by atoms with E-state index in [1.54, 1.807) is 6.92 Å². The molecule has 1 heterocycles. The Kier molecular flexibility index (Phi) is 8.00. The van der Waals surface area contributed by atoms with Gasteiger partial charge in [-0.2, -0.15) is 13.2 Å². The predicted molar refractivity (Wildman–Crippen MR) is 126 cm³/mol. The van der Waals surface area contributed by atoms with Gasteiger partial charge in [0.25, 0.3) is 0 Å². The van der Waals surface area contributed by atoms with E-state index in [4.69, 9.17) is 0 Å². The first-order valence-corrected chi connectivity index (χ1v) is 11.3. The normalized spacial score (nSPS) is 17.1. The van der Waals surface area contributed by atoms with Crippen LogP contribution in [-0.4, -0.2) is 54.2 Å². The molecule has 0 aromatic heterocycles. The van der Waals surface area contributed by atoms with Crippen LogP contribution in [0.3, 0.4) is 0 Å². The zero-order valence-electron chi connectivity index (χ0n) is 20.0. The number of rotatable bonds is 8. The molecule has 3 rings (SSSR count). The highest BCUT2D eigenvalue weighted by atomic mass is 19.4. The van der Waals surface area contributed by atoms with Gasteiger partial charge in [-0.3, -0.25) is 9.59 Å². The Bertz CT molecular complexity index is 1120. The fraction of sp³-hybridized carbons (Fsp3) is 0.385. The molecule has 1 aromatic carbocycles. The largest absolute Gasteiger partial charge is 0.419 e. The second kappa shape index (κ2) is 10.6. The van der Waals surface area contributed by atoms with Crippen molar-refractivity contribution in [2.24, 2.45) is 0 Å². The van der Waals surface area contributed by atoms with Crippen molar-refractivity contribution in [1.82, 2.24) is 15.1 Å². The molecule has 1 atom stereocenters. The number of nitrogens with zero attached hydrogens (tertiary/aromatic N) is 2. The van der Waals surface area contributed by atoms with E-state index in [0.717, 1.165) is 30.3 Å². The number of carbonyl (C=O) groups is 2. The molecule has 0 spiro atoms. The van der Waals surface area contributed by atoms with E-state index in [-0.39, 0.29) is 30.4 Å². The van der Waals surface area contributed by atoms with Crippen molar-refractivity contribution < 1.29 is 27.2 Å². The molecule has 0 saturated heterocycles. The first-order valence-electron chi connectivity index (χ1n) is 11.3. The van der Waals surface area contributed by atoms with E-state index >= 15 is 0 Å². The maximum Gasteiger partial charge on any atom is 0.419 e. The summed E-state index contributed by atoms with van der Waals surface area (Å²) in [5.74, 6) is -2.10. The van der Waals surface area contributed by atoms with E-state index in [9.17, 15) is 27.2 Å². The van der Waals surface area contributed by atoms with Gasteiger partial charge in [-0.1, -0.05) is 18.2 Å². The summed E-state index contributed by atoms with van der Waals surface area (Å²) in [5, 5.41) is 2.73. The van der Waals surface area contributed by atoms with Crippen LogP contribution in [0.25, 0.3) is 0 Å². The summed E-state index contributed by atoms with van der Waals surface area (Å²) in [4.78, 5) is 29.9. The van der Waals surface area contributed by atoms with Gasteiger partial charge < -0.3 is 15.1 Å². The average molecular weight is 492 g/mol. The number of nitrogens with one attached hydrogen (secondary N) is 1. The van der Waals surface area contributed by atoms with E-state index in [2.05, 4.69) is 16.8 Å². The summed E-state index contributed by atoms with van der Waals surface area (Å²) in [6.45, 7) is 9.19. The number of amides is 1. The minimum atomic E-state index is -4.81. The molecule has 1 amide bonds. The molecule has 9 heteroatoms. The highest BCUT2D eigenvalue weighted by Crippen LogP contribution is 2.33. The highest BCUT2D eigenvalue weighted by Gasteiger charge is 2.34. The van der Waals surface area contributed by atoms with Crippen LogP contribution in [0.4, 0.5) is 17.6 Å². The molecule has 1 aliphatic carbocycles. The summed E-state index contributed by atoms with van der Waals surface area (Å²) in [6, 6.07) is 2.49. The summed E-state index contributed by atoms with van der Waals surface area (Å²) < 4.78 is 52.2. The van der Waals surface area contributed by atoms with E-state index < -0.39 is 23.5 Å². The Labute approximate surface area is 202 Å². The molecule has 1 aromatic rings. The molecular formula is C26H29F4N3O2. The van der Waals surface area contributed by atoms with Crippen molar-refractivity contribution in [2.45, 2.75) is 38.9 Å². The van der Waals surface area contributed by atoms with Crippen LogP contribution in [0.2, 0.25) is 0 Å². The number of ketones is 1. The lowest BCUT2D eigenvalue weighted by Gasteiger charge is -2.36. The Morgan fingerprint density at radius 2 is 2.06 bits per heavy atom. The Morgan fingerprint density at radius 3 is 2.69 bits per heavy atom. The molecular weight excluding hydrogens is 462 g/mol. The van der Waals surface area contributed by atoms with Crippen LogP contribution in [0.5, 0.6) is 0 Å². The van der Waals surface area contributed by atoms with Gasteiger partial charge >= 0.3 is 6.18 Å². The average Bonchev–Trinajstić information content (AvgIpc) is 2.74. The van der Waals surface area contributed by atoms with Gasteiger partial charge in [0.1, 0.15) is 5.82 Å². The number of carbonyl (C=O) groups excluding carboxylic acids is 2. The van der Waals surface area contributed by atoms with Crippen molar-refractivity contribution in [1.29, 1.82) is 0 Å². The molecule has 188 valence electrons. The molecule has 0 radical (unpaired) electrons. The minimum Gasteiger partial charge on any atom is -0.365 e. The molecule has 0 saturated carbocycles. The van der Waals surface area contributed by atoms with Crippen LogP contribution in [-0.2, 0) is 22.2 Å². The van der Waals surface area contributed by atoms with Crippen LogP contribution in [0, 0.1) is 5.82 Å². The van der Waals surface area contributed by atoms with Gasteiger partial charge in [0, 0.05) is 30.9 Å². The van der Waals surface area contributed by atoms with E-state index in [0.29, 0.717) is 29.8 Å². The first kappa shape index (κ1) is 26.4. The fourth-order valence-corrected chi connectivity index (χ4v) is 4.31. The third-order valence-corrected chi connectivity index (χ3v) is 6.07. The van der Waals surface area contributed by atoms with Crippen molar-refractivity contribution in [3.05, 3.63) is 82.5 Å². The van der Waals surface area contributed by atoms with Crippen molar-refractivity contribution >= 4 is 11.7 Å². The molecule has 35 heavy (non-hydrogen) atoms. The minimum absolute atomic E-state index is 0.0811. The number of likely N-dealkylation sites (N-methyl/N-ethyl adjacent to an activating group) is 1. The van der Waals surface area contributed by atoms with Crippen molar-refractivity contribution in [2.75, 3.05) is 26.7 Å². The number of alkyl halides is 3. The number of allylic oxidation sites excluding steroid dienone is 3. The maximum atomic E-state index is 13.9. The van der Waals surface area contributed by atoms with Gasteiger partial charge in [-0.15, -0.1) is 6.58 Å². The third-order valence-electron chi connectivity index (χ3n) is 6.07. The van der Waals surface area contributed by atoms with Gasteiger partial charge in [0.15, 0.2) is 5.78 Å². The number of benzene rings is 1. The van der Waals surface area contributed by atoms with Crippen LogP contribution in [0.1, 0.15) is 31.4 Å². The molecule has 2 aliphatic rings. The molecule has 1 aliphatic heterocycles. The smallest absolute Gasteiger partial charge is 0.365 e. The summed E-state index contributed by atoms with van der Waals surface area (Å²) in [7, 11) is 1.98. The number of halogens is 4. The Morgan fingerprint density at radius 1 is 1.34 bits per heavy atom. The molecule has 1 N–H and O–H groups in total. The lowest BCUT2D eigenvalue weighted by atomic mass is 9.86. The van der Waals surface area contributed by atoms with E-state index in [1.807, 2.05) is 37.2 Å². The first-order chi connectivity index (χ1) is 16.4. The highest BCUT2D eigenvalue weighted by molar-refractivity contribution is 6.04. The van der Waals surface area contributed by atoms with Gasteiger partial charge in [-0.05, 0) is 56.2 Å². The maximum absolute atomic E-state index is 13.9. The number of Topliss-reactive ketones (excluding diaryl/α,β-unsaturated/α-hetero) is 1. The predicted octanol–water partition coefficient (Wildman–Crippen LogP) is 4.38. The second-order valence-electron chi connectivity index (χ2n) is 8.99. The number of hydrogen-bond acceptors (Lipinski definition) is 4. The SMILES string of the molecule is C=CCN(C)C[C@@H](C)N1C=C2CC=C(C)C(NC(=O)Cc3ccc(C(F)(F)F)c(F)c3)=C2C(=O)C1. The Hall–Kier alpha value is -3.20. The quantitative estimate of drug-likeness (QED) is 0.433. The molecule has 5 nitrogen and oxygen atoms in total. The zero-order chi connectivity index (χ0) is 25.9. The van der Waals surface area contributed by atoms with Gasteiger partial charge in [0.2, 0.25) is 5.91 Å². The third kappa shape index (κ3) is 6.28. The standard InChI is InChI=1S/C26H29F4N3O2/c1-5-10-32(4)13-17(3)33-14-19-8-6-16(2)25(24(19)22(34)15-33)31-23(35)12-18-7-9-20(21(27)11-18)26(28,29)30/h5-7,9,11,14,17H,1,8,10,12-13,15H2,2-4H3,(H,31,35)/t17-/m1/s1. The second-order valence-corrected chi connectivity index (χ2v) is 8.99. The summed E-state index contributed by atoms with van der Waals surface area (Å²) in [6.07, 6.45) is 1.08. The van der Waals surface area contributed by atoms with Crippen molar-refractivity contribution in [3.8, 4) is 0 Å². The van der Waals surface area contributed by atoms with Crippen molar-refractivity contribution in [3.63, 3.8) is 0 Å². The van der Waals surface area contributed by atoms with Crippen LogP contribution in [0.15, 0.2) is 65.5 Å².